The van der Waals surface area contributed by atoms with Crippen LogP contribution in [-0.2, 0) is 0 Å². The molecule has 0 atom stereocenters. The Hall–Kier alpha value is -3.10. The quantitative estimate of drug-likeness (QED) is 0.200. The van der Waals surface area contributed by atoms with E-state index in [0.29, 0.717) is 0 Å². The second-order valence-electron chi connectivity index (χ2n) is 4.79. The second-order valence-corrected chi connectivity index (χ2v) is 4.79. The maximum absolute atomic E-state index is 10.0. The van der Waals surface area contributed by atoms with Gasteiger partial charge in [-0.25, -0.2) is 0 Å². The Morgan fingerprint density at radius 2 is 0.864 bits per heavy atom. The van der Waals surface area contributed by atoms with E-state index in [2.05, 4.69) is 0 Å². The Balaban J connectivity index is 3.03. The molecule has 0 bridgehead atoms. The third-order valence-corrected chi connectivity index (χ3v) is 3.52. The largest absolute Gasteiger partial charge is 0.508 e. The summed E-state index contributed by atoms with van der Waals surface area (Å²) in [7, 11) is 1.33. The van der Waals surface area contributed by atoms with Crippen LogP contribution in [0.4, 0.5) is 0 Å². The summed E-state index contributed by atoms with van der Waals surface area (Å²) in [4.78, 5) is 0. The zero-order chi connectivity index (χ0) is 16.9. The van der Waals surface area contributed by atoms with E-state index in [0.717, 1.165) is 0 Å². The van der Waals surface area contributed by atoms with Crippen molar-refractivity contribution in [3.8, 4) is 57.1 Å². The number of rotatable bonds is 1. The average molecular weight is 308 g/mol. The van der Waals surface area contributed by atoms with E-state index < -0.39 is 57.1 Å². The molecule has 0 unspecified atom stereocenters. The first-order chi connectivity index (χ1) is 10.1. The van der Waals surface area contributed by atoms with Crippen molar-refractivity contribution in [2.24, 2.45) is 0 Å². The summed E-state index contributed by atoms with van der Waals surface area (Å²) in [6, 6.07) is 0. The highest BCUT2D eigenvalue weighted by molar-refractivity contribution is 6.37. The number of benzene rings is 2. The van der Waals surface area contributed by atoms with Crippen molar-refractivity contribution >= 4 is 13.3 Å². The van der Waals surface area contributed by atoms with Crippen molar-refractivity contribution in [2.45, 2.75) is 6.92 Å². The minimum atomic E-state index is -1.16. The third kappa shape index (κ3) is 1.79. The molecular weight excluding hydrogens is 295 g/mol. The maximum Gasteiger partial charge on any atom is 0.208 e. The summed E-state index contributed by atoms with van der Waals surface area (Å²) in [5.41, 5.74) is -1.15. The molecule has 0 saturated heterocycles. The van der Waals surface area contributed by atoms with E-state index >= 15 is 0 Å². The molecule has 0 fully saturated rings. The van der Waals surface area contributed by atoms with Crippen LogP contribution >= 0.6 is 0 Å². The van der Waals surface area contributed by atoms with Crippen LogP contribution < -0.4 is 5.46 Å². The van der Waals surface area contributed by atoms with Gasteiger partial charge < -0.3 is 40.9 Å². The topological polar surface area (TPSA) is 162 Å². The summed E-state index contributed by atoms with van der Waals surface area (Å²) < 4.78 is 0. The number of phenolic OH excluding ortho intramolecular Hbond substituents is 8. The number of aromatic hydroxyl groups is 8. The molecule has 0 aliphatic rings. The lowest BCUT2D eigenvalue weighted by Gasteiger charge is -2.18. The molecule has 0 saturated carbocycles. The summed E-state index contributed by atoms with van der Waals surface area (Å²) in [6.07, 6.45) is 0. The van der Waals surface area contributed by atoms with Gasteiger partial charge in [0.05, 0.1) is 5.56 Å². The molecule has 0 radical (unpaired) electrons. The van der Waals surface area contributed by atoms with E-state index in [1.54, 1.807) is 0 Å². The molecule has 8 N–H and O–H groups in total. The molecule has 2 aromatic carbocycles. The Bertz CT molecular complexity index is 674. The molecule has 22 heavy (non-hydrogen) atoms. The number of hydrogen-bond donors (Lipinski definition) is 8. The van der Waals surface area contributed by atoms with Crippen LogP contribution in [0.15, 0.2) is 0 Å². The highest BCUT2D eigenvalue weighted by Gasteiger charge is 2.29. The van der Waals surface area contributed by atoms with Crippen molar-refractivity contribution in [3.05, 3.63) is 5.56 Å². The molecule has 2 rings (SSSR count). The maximum atomic E-state index is 10.0. The Kier molecular flexibility index (Phi) is 3.29. The van der Waals surface area contributed by atoms with Crippen LogP contribution in [0, 0.1) is 6.92 Å². The molecule has 0 aliphatic carbocycles. The molecule has 0 amide bonds. The monoisotopic (exact) mass is 308 g/mol. The standard InChI is InChI=1S/C13H13BO8/c1-2-3(7(16)10(19)5(14)6(2)15)4-8(17)11(20)13(22)12(21)9(4)18/h15-22H,14H2,1H3. The molecule has 9 heteroatoms. The molecular formula is C13H13BO8. The average Bonchev–Trinajstić information content (AvgIpc) is 2.50. The van der Waals surface area contributed by atoms with Gasteiger partial charge in [0.1, 0.15) is 13.6 Å². The summed E-state index contributed by atoms with van der Waals surface area (Å²) >= 11 is 0. The van der Waals surface area contributed by atoms with E-state index in [1.165, 1.54) is 14.8 Å². The highest BCUT2D eigenvalue weighted by Crippen LogP contribution is 2.57. The van der Waals surface area contributed by atoms with Gasteiger partial charge in [0, 0.05) is 11.1 Å². The van der Waals surface area contributed by atoms with Gasteiger partial charge in [0.2, 0.25) is 17.2 Å². The fourth-order valence-corrected chi connectivity index (χ4v) is 2.21. The smallest absolute Gasteiger partial charge is 0.208 e. The molecule has 0 spiro atoms. The predicted octanol–water partition coefficient (Wildman–Crippen LogP) is -0.435. The van der Waals surface area contributed by atoms with Gasteiger partial charge >= 0.3 is 0 Å². The van der Waals surface area contributed by atoms with Crippen LogP contribution in [0.1, 0.15) is 5.56 Å². The van der Waals surface area contributed by atoms with Gasteiger partial charge in [-0.15, -0.1) is 0 Å². The minimum Gasteiger partial charge on any atom is -0.508 e. The van der Waals surface area contributed by atoms with Crippen molar-refractivity contribution in [1.29, 1.82) is 0 Å². The number of phenols is 8. The van der Waals surface area contributed by atoms with Crippen LogP contribution in [-0.4, -0.2) is 48.7 Å². The Labute approximate surface area is 124 Å². The fraction of sp³-hybridized carbons (Fsp3) is 0.0769. The Morgan fingerprint density at radius 3 is 1.32 bits per heavy atom. The van der Waals surface area contributed by atoms with Gasteiger partial charge in [0.15, 0.2) is 23.0 Å². The van der Waals surface area contributed by atoms with Gasteiger partial charge in [-0.1, -0.05) is 0 Å². The number of hydrogen-bond acceptors (Lipinski definition) is 8. The van der Waals surface area contributed by atoms with Gasteiger partial charge in [-0.2, -0.15) is 0 Å². The summed E-state index contributed by atoms with van der Waals surface area (Å²) in [5.74, 6) is -7.44. The Morgan fingerprint density at radius 1 is 0.500 bits per heavy atom. The lowest BCUT2D eigenvalue weighted by molar-refractivity contribution is 0.329. The highest BCUT2D eigenvalue weighted by atomic mass is 16.4. The van der Waals surface area contributed by atoms with Crippen LogP contribution in [0.5, 0.6) is 46.0 Å². The first kappa shape index (κ1) is 15.3. The van der Waals surface area contributed by atoms with Gasteiger partial charge in [0.25, 0.3) is 0 Å². The van der Waals surface area contributed by atoms with E-state index in [4.69, 9.17) is 0 Å². The third-order valence-electron chi connectivity index (χ3n) is 3.52. The van der Waals surface area contributed by atoms with Crippen molar-refractivity contribution in [3.63, 3.8) is 0 Å². The van der Waals surface area contributed by atoms with Gasteiger partial charge in [-0.05, 0) is 12.4 Å². The van der Waals surface area contributed by atoms with Crippen molar-refractivity contribution in [1.82, 2.24) is 0 Å². The predicted molar refractivity (Wildman–Crippen MR) is 78.1 cm³/mol. The second kappa shape index (κ2) is 4.73. The zero-order valence-electron chi connectivity index (χ0n) is 11.6. The lowest BCUT2D eigenvalue weighted by Crippen LogP contribution is -2.07. The van der Waals surface area contributed by atoms with E-state index in [9.17, 15) is 40.9 Å². The molecule has 116 valence electrons. The van der Waals surface area contributed by atoms with Gasteiger partial charge in [-0.3, -0.25) is 0 Å². The van der Waals surface area contributed by atoms with Crippen molar-refractivity contribution in [2.75, 3.05) is 0 Å². The summed E-state index contributed by atoms with van der Waals surface area (Å²) in [5, 5.41) is 77.9. The fourth-order valence-electron chi connectivity index (χ4n) is 2.21. The lowest BCUT2D eigenvalue weighted by atomic mass is 9.86. The molecule has 0 aromatic heterocycles. The first-order valence-electron chi connectivity index (χ1n) is 6.04. The normalized spacial score (nSPS) is 10.8. The molecule has 2 aromatic rings. The zero-order valence-corrected chi connectivity index (χ0v) is 11.6. The van der Waals surface area contributed by atoms with E-state index in [1.807, 2.05) is 0 Å². The van der Waals surface area contributed by atoms with Crippen molar-refractivity contribution < 1.29 is 40.9 Å². The SMILES string of the molecule is Bc1c(O)c(C)c(-c2c(O)c(O)c(O)c(O)c2O)c(O)c1O. The molecule has 8 nitrogen and oxygen atoms in total. The summed E-state index contributed by atoms with van der Waals surface area (Å²) in [6.45, 7) is 1.32. The van der Waals surface area contributed by atoms with Crippen LogP contribution in [0.3, 0.4) is 0 Å². The molecule has 0 heterocycles. The van der Waals surface area contributed by atoms with Crippen LogP contribution in [0.25, 0.3) is 11.1 Å². The van der Waals surface area contributed by atoms with E-state index in [-0.39, 0.29) is 11.0 Å². The minimum absolute atomic E-state index is 0.0371. The first-order valence-corrected chi connectivity index (χ1v) is 6.04. The van der Waals surface area contributed by atoms with Crippen LogP contribution in [0.2, 0.25) is 0 Å². The molecule has 0 aliphatic heterocycles.